The first-order valence-corrected chi connectivity index (χ1v) is 9.71. The SMILES string of the molecule is C#CC1CC[C@@H](C#N)N1C(=O)CN[C@H]1CC[C@H](Oc2cccc(C#N)c2)CC1. The molecule has 0 bridgehead atoms. The molecule has 1 aliphatic carbocycles. The Kier molecular flexibility index (Phi) is 6.53. The van der Waals surface area contributed by atoms with Crippen LogP contribution >= 0.6 is 0 Å². The van der Waals surface area contributed by atoms with E-state index in [9.17, 15) is 10.1 Å². The van der Waals surface area contributed by atoms with Gasteiger partial charge < -0.3 is 15.0 Å². The number of terminal acetylenes is 1. The third kappa shape index (κ3) is 4.63. The van der Waals surface area contributed by atoms with Crippen LogP contribution in [0.4, 0.5) is 0 Å². The van der Waals surface area contributed by atoms with Crippen LogP contribution in [-0.2, 0) is 4.79 Å². The molecule has 1 amide bonds. The van der Waals surface area contributed by atoms with Gasteiger partial charge in [0.2, 0.25) is 5.91 Å². The molecule has 1 saturated heterocycles. The van der Waals surface area contributed by atoms with Crippen LogP contribution in [-0.4, -0.2) is 41.6 Å². The van der Waals surface area contributed by atoms with Crippen LogP contribution in [0.15, 0.2) is 24.3 Å². The van der Waals surface area contributed by atoms with Crippen molar-refractivity contribution in [2.75, 3.05) is 6.54 Å². The zero-order chi connectivity index (χ0) is 19.9. The van der Waals surface area contributed by atoms with Gasteiger partial charge in [-0.05, 0) is 56.7 Å². The van der Waals surface area contributed by atoms with Gasteiger partial charge in [-0.2, -0.15) is 10.5 Å². The van der Waals surface area contributed by atoms with E-state index in [0.29, 0.717) is 18.4 Å². The van der Waals surface area contributed by atoms with E-state index >= 15 is 0 Å². The van der Waals surface area contributed by atoms with Crippen LogP contribution in [0.1, 0.15) is 44.1 Å². The second-order valence-corrected chi connectivity index (χ2v) is 7.32. The number of benzene rings is 1. The van der Waals surface area contributed by atoms with Crippen molar-refractivity contribution in [1.29, 1.82) is 10.5 Å². The number of amides is 1. The Labute approximate surface area is 166 Å². The maximum absolute atomic E-state index is 12.6. The van der Waals surface area contributed by atoms with E-state index in [4.69, 9.17) is 16.4 Å². The molecule has 144 valence electrons. The van der Waals surface area contributed by atoms with Crippen molar-refractivity contribution < 1.29 is 9.53 Å². The molecule has 1 aromatic carbocycles. The fourth-order valence-electron chi connectivity index (χ4n) is 3.99. The molecule has 2 atom stereocenters. The first-order valence-electron chi connectivity index (χ1n) is 9.71. The summed E-state index contributed by atoms with van der Waals surface area (Å²) in [5, 5.41) is 21.5. The van der Waals surface area contributed by atoms with Gasteiger partial charge in [-0.15, -0.1) is 6.42 Å². The van der Waals surface area contributed by atoms with Crippen molar-refractivity contribution in [3.8, 4) is 30.2 Å². The van der Waals surface area contributed by atoms with Crippen LogP contribution in [0.3, 0.4) is 0 Å². The Hall–Kier alpha value is -3.01. The van der Waals surface area contributed by atoms with Gasteiger partial charge in [0.05, 0.1) is 36.4 Å². The average Bonchev–Trinajstić information content (AvgIpc) is 3.16. The molecule has 0 aromatic heterocycles. The number of carbonyl (C=O) groups is 1. The lowest BCUT2D eigenvalue weighted by Crippen LogP contribution is -2.47. The lowest BCUT2D eigenvalue weighted by atomic mass is 9.93. The van der Waals surface area contributed by atoms with Gasteiger partial charge in [0, 0.05) is 6.04 Å². The summed E-state index contributed by atoms with van der Waals surface area (Å²) in [6, 6.07) is 11.1. The van der Waals surface area contributed by atoms with Gasteiger partial charge in [-0.1, -0.05) is 12.0 Å². The van der Waals surface area contributed by atoms with E-state index in [1.807, 2.05) is 12.1 Å². The molecule has 28 heavy (non-hydrogen) atoms. The van der Waals surface area contributed by atoms with Crippen molar-refractivity contribution in [2.45, 2.75) is 62.8 Å². The predicted octanol–water partition coefficient (Wildman–Crippen LogP) is 2.35. The monoisotopic (exact) mass is 376 g/mol. The molecule has 1 unspecified atom stereocenters. The normalized spacial score (nSPS) is 26.7. The average molecular weight is 376 g/mol. The van der Waals surface area contributed by atoms with Crippen LogP contribution in [0.25, 0.3) is 0 Å². The Bertz CT molecular complexity index is 802. The number of rotatable bonds is 5. The van der Waals surface area contributed by atoms with Gasteiger partial charge in [-0.3, -0.25) is 4.79 Å². The number of nitrogens with zero attached hydrogens (tertiary/aromatic N) is 3. The van der Waals surface area contributed by atoms with Crippen LogP contribution in [0.5, 0.6) is 5.75 Å². The largest absolute Gasteiger partial charge is 0.490 e. The highest BCUT2D eigenvalue weighted by Gasteiger charge is 2.36. The predicted molar refractivity (Wildman–Crippen MR) is 104 cm³/mol. The van der Waals surface area contributed by atoms with Gasteiger partial charge in [0.15, 0.2) is 0 Å². The van der Waals surface area contributed by atoms with Gasteiger partial charge in [0.1, 0.15) is 11.8 Å². The van der Waals surface area contributed by atoms with Crippen LogP contribution < -0.4 is 10.1 Å². The molecule has 1 aromatic rings. The Morgan fingerprint density at radius 1 is 1.18 bits per heavy atom. The summed E-state index contributed by atoms with van der Waals surface area (Å²) in [5.74, 6) is 3.25. The second-order valence-electron chi connectivity index (χ2n) is 7.32. The zero-order valence-electron chi connectivity index (χ0n) is 15.8. The molecular weight excluding hydrogens is 352 g/mol. The molecule has 1 aliphatic heterocycles. The smallest absolute Gasteiger partial charge is 0.238 e. The molecule has 0 radical (unpaired) electrons. The zero-order valence-corrected chi connectivity index (χ0v) is 15.8. The van der Waals surface area contributed by atoms with E-state index in [-0.39, 0.29) is 30.6 Å². The fourth-order valence-corrected chi connectivity index (χ4v) is 3.99. The quantitative estimate of drug-likeness (QED) is 0.797. The maximum Gasteiger partial charge on any atom is 0.238 e. The van der Waals surface area contributed by atoms with E-state index in [1.54, 1.807) is 17.0 Å². The van der Waals surface area contributed by atoms with Crippen LogP contribution in [0.2, 0.25) is 0 Å². The number of hydrogen-bond donors (Lipinski definition) is 1. The molecule has 1 N–H and O–H groups in total. The molecule has 2 aliphatic rings. The first kappa shape index (κ1) is 19.7. The lowest BCUT2D eigenvalue weighted by Gasteiger charge is -2.30. The highest BCUT2D eigenvalue weighted by molar-refractivity contribution is 5.80. The van der Waals surface area contributed by atoms with E-state index in [1.165, 1.54) is 0 Å². The minimum absolute atomic E-state index is 0.0984. The summed E-state index contributed by atoms with van der Waals surface area (Å²) in [7, 11) is 0. The molecule has 6 nitrogen and oxygen atoms in total. The Balaban J connectivity index is 1.44. The van der Waals surface area contributed by atoms with Crippen molar-refractivity contribution in [3.63, 3.8) is 0 Å². The highest BCUT2D eigenvalue weighted by atomic mass is 16.5. The highest BCUT2D eigenvalue weighted by Crippen LogP contribution is 2.25. The van der Waals surface area contributed by atoms with Gasteiger partial charge >= 0.3 is 0 Å². The van der Waals surface area contributed by atoms with E-state index < -0.39 is 6.04 Å². The number of nitriles is 2. The summed E-state index contributed by atoms with van der Waals surface area (Å²) in [5.41, 5.74) is 0.592. The number of nitrogens with one attached hydrogen (secondary N) is 1. The van der Waals surface area contributed by atoms with Crippen molar-refractivity contribution in [1.82, 2.24) is 10.2 Å². The molecule has 3 rings (SSSR count). The summed E-state index contributed by atoms with van der Waals surface area (Å²) >= 11 is 0. The molecule has 1 heterocycles. The topological polar surface area (TPSA) is 89.2 Å². The Morgan fingerprint density at radius 2 is 1.93 bits per heavy atom. The standard InChI is InChI=1S/C22H24N4O2/c1-2-18-8-9-19(14-24)26(18)22(27)15-25-17-6-10-20(11-7-17)28-21-5-3-4-16(12-21)13-23/h1,3-5,12,17-20,25H,6-11,15H2/t17-,18?,19-,20-/m0/s1. The van der Waals surface area contributed by atoms with Crippen molar-refractivity contribution in [2.24, 2.45) is 0 Å². The van der Waals surface area contributed by atoms with Gasteiger partial charge in [-0.25, -0.2) is 0 Å². The van der Waals surface area contributed by atoms with E-state index in [2.05, 4.69) is 23.4 Å². The van der Waals surface area contributed by atoms with Gasteiger partial charge in [0.25, 0.3) is 0 Å². The minimum Gasteiger partial charge on any atom is -0.490 e. The number of carbonyl (C=O) groups excluding carboxylic acids is 1. The van der Waals surface area contributed by atoms with Crippen LogP contribution in [0, 0.1) is 35.0 Å². The molecule has 1 saturated carbocycles. The van der Waals surface area contributed by atoms with Crippen molar-refractivity contribution in [3.05, 3.63) is 29.8 Å². The second kappa shape index (κ2) is 9.27. The molecule has 6 heteroatoms. The molecule has 2 fully saturated rings. The number of hydrogen-bond acceptors (Lipinski definition) is 5. The number of ether oxygens (including phenoxy) is 1. The van der Waals surface area contributed by atoms with Crippen molar-refractivity contribution >= 4 is 5.91 Å². The summed E-state index contributed by atoms with van der Waals surface area (Å²) in [6.07, 6.45) is 10.6. The third-order valence-electron chi connectivity index (χ3n) is 5.50. The number of likely N-dealkylation sites (tertiary alicyclic amines) is 1. The maximum atomic E-state index is 12.6. The lowest BCUT2D eigenvalue weighted by molar-refractivity contribution is -0.131. The fraction of sp³-hybridized carbons (Fsp3) is 0.500. The van der Waals surface area contributed by atoms with E-state index in [0.717, 1.165) is 31.4 Å². The summed E-state index contributed by atoms with van der Waals surface area (Å²) in [6.45, 7) is 0.205. The summed E-state index contributed by atoms with van der Waals surface area (Å²) < 4.78 is 6.00. The Morgan fingerprint density at radius 3 is 2.61 bits per heavy atom. The summed E-state index contributed by atoms with van der Waals surface area (Å²) in [4.78, 5) is 14.1. The first-order chi connectivity index (χ1) is 13.6. The minimum atomic E-state index is -0.413. The molecular formula is C22H24N4O2. The molecule has 0 spiro atoms. The third-order valence-corrected chi connectivity index (χ3v) is 5.50.